The van der Waals surface area contributed by atoms with Crippen LogP contribution in [0.25, 0.3) is 16.0 Å². The summed E-state index contributed by atoms with van der Waals surface area (Å²) < 4.78 is 16.6. The van der Waals surface area contributed by atoms with Crippen LogP contribution in [0.4, 0.5) is 4.39 Å². The Morgan fingerprint density at radius 1 is 1.21 bits per heavy atom. The van der Waals surface area contributed by atoms with Crippen LogP contribution in [0.2, 0.25) is 10.0 Å². The molecule has 2 heterocycles. The fraction of sp³-hybridized carbons (Fsp3) is 0.0556. The molecule has 0 saturated carbocycles. The quantitative estimate of drug-likeness (QED) is 0.218. The lowest BCUT2D eigenvalue weighted by atomic mass is 10.2. The molecule has 0 saturated heterocycles. The third kappa shape index (κ3) is 3.75. The third-order valence-electron chi connectivity index (χ3n) is 3.92. The Morgan fingerprint density at radius 3 is 2.68 bits per heavy atom. The molecule has 0 amide bonds. The average molecular weight is 470 g/mol. The van der Waals surface area contributed by atoms with Crippen LogP contribution in [0.3, 0.4) is 0 Å². The van der Waals surface area contributed by atoms with Gasteiger partial charge in [0.1, 0.15) is 10.5 Å². The zero-order valence-corrected chi connectivity index (χ0v) is 17.9. The molecule has 0 spiro atoms. The molecule has 0 aliphatic rings. The van der Waals surface area contributed by atoms with Crippen molar-refractivity contribution in [2.75, 3.05) is 0 Å². The molecular formula is C18H10Cl2FN3OS3. The summed E-state index contributed by atoms with van der Waals surface area (Å²) in [6.07, 6.45) is 0. The summed E-state index contributed by atoms with van der Waals surface area (Å²) in [5.41, 5.74) is 1.27. The number of hydrogen-bond acceptors (Lipinski definition) is 5. The highest BCUT2D eigenvalue weighted by Crippen LogP contribution is 2.29. The molecule has 0 aliphatic carbocycles. The summed E-state index contributed by atoms with van der Waals surface area (Å²) in [5, 5.41) is 1.28. The van der Waals surface area contributed by atoms with Gasteiger partial charge in [0, 0.05) is 27.0 Å². The second-order valence-electron chi connectivity index (χ2n) is 5.69. The largest absolute Gasteiger partial charge is 0.300 e. The first-order valence-corrected chi connectivity index (χ1v) is 10.9. The maximum Gasteiger partial charge on any atom is 0.271 e. The van der Waals surface area contributed by atoms with E-state index in [0.717, 1.165) is 5.69 Å². The maximum absolute atomic E-state index is 14.0. The van der Waals surface area contributed by atoms with Gasteiger partial charge in [0.25, 0.3) is 5.56 Å². The lowest BCUT2D eigenvalue weighted by Crippen LogP contribution is -2.09. The van der Waals surface area contributed by atoms with E-state index >= 15 is 0 Å². The topological polar surface area (TPSA) is 50.7 Å². The molecule has 0 unspecified atom stereocenters. The summed E-state index contributed by atoms with van der Waals surface area (Å²) in [7, 11) is 0. The van der Waals surface area contributed by atoms with Crippen LogP contribution in [0.1, 0.15) is 5.56 Å². The Kier molecular flexibility index (Phi) is 5.57. The minimum atomic E-state index is -0.400. The minimum absolute atomic E-state index is 0.228. The Labute approximate surface area is 182 Å². The van der Waals surface area contributed by atoms with Gasteiger partial charge in [-0.3, -0.25) is 9.36 Å². The number of rotatable bonds is 4. The zero-order chi connectivity index (χ0) is 19.8. The summed E-state index contributed by atoms with van der Waals surface area (Å²) in [4.78, 5) is 19.8. The molecule has 4 aromatic rings. The first-order chi connectivity index (χ1) is 13.4. The number of H-pyrrole nitrogens is 1. The number of nitrogens with zero attached hydrogens (tertiary/aromatic N) is 2. The van der Waals surface area contributed by atoms with E-state index in [1.807, 2.05) is 0 Å². The number of hydrogen-bond donors (Lipinski definition) is 1. The predicted octanol–water partition coefficient (Wildman–Crippen LogP) is 6.24. The Morgan fingerprint density at radius 2 is 1.96 bits per heavy atom. The first kappa shape index (κ1) is 19.6. The predicted molar refractivity (Wildman–Crippen MR) is 116 cm³/mol. The molecule has 4 rings (SSSR count). The highest BCUT2D eigenvalue weighted by molar-refractivity contribution is 7.98. The lowest BCUT2D eigenvalue weighted by Gasteiger charge is -2.07. The van der Waals surface area contributed by atoms with Crippen molar-refractivity contribution in [3.8, 4) is 5.69 Å². The van der Waals surface area contributed by atoms with Crippen molar-refractivity contribution in [1.29, 1.82) is 0 Å². The lowest BCUT2D eigenvalue weighted by molar-refractivity contribution is 0.617. The number of aromatic nitrogens is 3. The van der Waals surface area contributed by atoms with Gasteiger partial charge in [-0.15, -0.1) is 0 Å². The van der Waals surface area contributed by atoms with E-state index in [1.54, 1.807) is 41.0 Å². The minimum Gasteiger partial charge on any atom is -0.300 e. The Hall–Kier alpha value is -1.71. The van der Waals surface area contributed by atoms with Crippen molar-refractivity contribution in [1.82, 2.24) is 14.5 Å². The average Bonchev–Trinajstić information content (AvgIpc) is 2.99. The number of halogens is 3. The molecular weight excluding hydrogens is 460 g/mol. The number of nitrogens with one attached hydrogen (secondary N) is 1. The van der Waals surface area contributed by atoms with E-state index < -0.39 is 5.82 Å². The van der Waals surface area contributed by atoms with E-state index in [1.165, 1.54) is 29.2 Å². The second kappa shape index (κ2) is 7.96. The SMILES string of the molecule is O=c1[nH]c(SCc2c(F)cccc2Cl)nc2c1sc(=S)n2-c1ccc(Cl)cc1. The van der Waals surface area contributed by atoms with Crippen LogP contribution in [-0.2, 0) is 5.75 Å². The number of thioether (sulfide) groups is 1. The fourth-order valence-electron chi connectivity index (χ4n) is 2.59. The van der Waals surface area contributed by atoms with Gasteiger partial charge in [-0.25, -0.2) is 9.37 Å². The number of fused-ring (bicyclic) bond motifs is 1. The van der Waals surface area contributed by atoms with E-state index in [9.17, 15) is 9.18 Å². The van der Waals surface area contributed by atoms with Crippen LogP contribution in [-0.4, -0.2) is 14.5 Å². The molecule has 4 nitrogen and oxygen atoms in total. The summed E-state index contributed by atoms with van der Waals surface area (Å²) >= 11 is 19.8. The van der Waals surface area contributed by atoms with Crippen molar-refractivity contribution in [2.45, 2.75) is 10.9 Å². The van der Waals surface area contributed by atoms with Gasteiger partial charge >= 0.3 is 0 Å². The van der Waals surface area contributed by atoms with Crippen LogP contribution < -0.4 is 5.56 Å². The zero-order valence-electron chi connectivity index (χ0n) is 13.9. The van der Waals surface area contributed by atoms with Crippen molar-refractivity contribution >= 4 is 68.9 Å². The van der Waals surface area contributed by atoms with Crippen LogP contribution in [0.15, 0.2) is 52.4 Å². The monoisotopic (exact) mass is 469 g/mol. The molecule has 28 heavy (non-hydrogen) atoms. The van der Waals surface area contributed by atoms with Crippen molar-refractivity contribution in [3.63, 3.8) is 0 Å². The second-order valence-corrected chi connectivity index (χ2v) is 9.14. The molecule has 0 aliphatic heterocycles. The van der Waals surface area contributed by atoms with E-state index in [-0.39, 0.29) is 11.3 Å². The van der Waals surface area contributed by atoms with Gasteiger partial charge in [0.2, 0.25) is 0 Å². The van der Waals surface area contributed by atoms with Crippen LogP contribution >= 0.6 is 58.5 Å². The highest BCUT2D eigenvalue weighted by atomic mass is 35.5. The van der Waals surface area contributed by atoms with E-state index in [2.05, 4.69) is 9.97 Å². The number of aromatic amines is 1. The van der Waals surface area contributed by atoms with E-state index in [4.69, 9.17) is 35.4 Å². The van der Waals surface area contributed by atoms with Gasteiger partial charge < -0.3 is 4.98 Å². The molecule has 2 aromatic heterocycles. The Balaban J connectivity index is 1.77. The highest BCUT2D eigenvalue weighted by Gasteiger charge is 2.15. The smallest absolute Gasteiger partial charge is 0.271 e. The van der Waals surface area contributed by atoms with Crippen LogP contribution in [0, 0.1) is 9.77 Å². The molecule has 0 radical (unpaired) electrons. The molecule has 2 aromatic carbocycles. The molecule has 0 atom stereocenters. The Bertz CT molecular complexity index is 1280. The first-order valence-electron chi connectivity index (χ1n) is 7.91. The van der Waals surface area contributed by atoms with Crippen molar-refractivity contribution in [2.24, 2.45) is 0 Å². The molecule has 10 heteroatoms. The number of benzene rings is 2. The van der Waals surface area contributed by atoms with Gasteiger partial charge in [-0.2, -0.15) is 0 Å². The van der Waals surface area contributed by atoms with Crippen LogP contribution in [0.5, 0.6) is 0 Å². The fourth-order valence-corrected chi connectivity index (χ4v) is 5.19. The molecule has 142 valence electrons. The van der Waals surface area contributed by atoms with Gasteiger partial charge in [0.15, 0.2) is 14.8 Å². The van der Waals surface area contributed by atoms with Gasteiger partial charge in [0.05, 0.1) is 0 Å². The van der Waals surface area contributed by atoms with Crippen molar-refractivity contribution < 1.29 is 4.39 Å². The summed E-state index contributed by atoms with van der Waals surface area (Å²) in [6.45, 7) is 0. The standard InChI is InChI=1S/C18H10Cl2FN3OS3/c19-9-4-6-10(7-5-9)24-15-14(28-18(24)26)16(25)23-17(22-15)27-8-11-12(20)2-1-3-13(11)21/h1-7H,8H2,(H,22,23,25). The molecule has 0 fully saturated rings. The summed E-state index contributed by atoms with van der Waals surface area (Å²) in [6, 6.07) is 11.6. The molecule has 0 bridgehead atoms. The van der Waals surface area contributed by atoms with E-state index in [0.29, 0.717) is 35.1 Å². The normalized spacial score (nSPS) is 11.2. The third-order valence-corrected chi connectivity index (χ3v) is 6.79. The molecule has 1 N–H and O–H groups in total. The number of thiazole rings is 1. The van der Waals surface area contributed by atoms with Crippen molar-refractivity contribution in [3.05, 3.63) is 78.2 Å². The summed E-state index contributed by atoms with van der Waals surface area (Å²) in [5.74, 6) is -0.172. The maximum atomic E-state index is 14.0. The van der Waals surface area contributed by atoms with Gasteiger partial charge in [-0.1, -0.05) is 52.4 Å². The van der Waals surface area contributed by atoms with Gasteiger partial charge in [-0.05, 0) is 48.6 Å².